The van der Waals surface area contributed by atoms with E-state index in [4.69, 9.17) is 0 Å². The zero-order valence-electron chi connectivity index (χ0n) is 18.0. The fourth-order valence-electron chi connectivity index (χ4n) is 6.66. The third-order valence-electron chi connectivity index (χ3n) is 7.27. The van der Waals surface area contributed by atoms with Crippen LogP contribution in [0.15, 0.2) is 0 Å². The lowest BCUT2D eigenvalue weighted by Gasteiger charge is -2.37. The summed E-state index contributed by atoms with van der Waals surface area (Å²) in [6, 6.07) is 2.83. The highest BCUT2D eigenvalue weighted by Crippen LogP contribution is 2.47. The minimum Gasteiger partial charge on any atom is -0.388 e. The largest absolute Gasteiger partial charge is 0.388 e. The maximum atomic E-state index is 10.2. The molecule has 6 unspecified atom stereocenters. The van der Waals surface area contributed by atoms with Crippen molar-refractivity contribution in [3.05, 3.63) is 0 Å². The average molecular weight is 351 g/mol. The fourth-order valence-corrected chi connectivity index (χ4v) is 6.66. The van der Waals surface area contributed by atoms with Crippen molar-refractivity contribution in [3.63, 3.8) is 0 Å². The lowest BCUT2D eigenvalue weighted by Crippen LogP contribution is -2.48. The van der Waals surface area contributed by atoms with Crippen LogP contribution in [0.3, 0.4) is 0 Å². The summed E-state index contributed by atoms with van der Waals surface area (Å²) in [4.78, 5) is 5.28. The van der Waals surface area contributed by atoms with Crippen LogP contribution in [0.4, 0.5) is 0 Å². The zero-order valence-corrected chi connectivity index (χ0v) is 18.0. The first-order chi connectivity index (χ1) is 11.3. The van der Waals surface area contributed by atoms with E-state index in [0.29, 0.717) is 17.6 Å². The molecule has 3 heteroatoms. The lowest BCUT2D eigenvalue weighted by atomic mass is 9.86. The molecule has 4 fully saturated rings. The van der Waals surface area contributed by atoms with E-state index < -0.39 is 5.60 Å². The second kappa shape index (κ2) is 6.21. The molecule has 0 aromatic carbocycles. The van der Waals surface area contributed by atoms with Gasteiger partial charge in [-0.3, -0.25) is 9.80 Å². The molecule has 1 N–H and O–H groups in total. The summed E-state index contributed by atoms with van der Waals surface area (Å²) < 4.78 is 0. The molecular weight excluding hydrogens is 308 g/mol. The van der Waals surface area contributed by atoms with Crippen molar-refractivity contribution in [3.8, 4) is 0 Å². The highest BCUT2D eigenvalue weighted by Gasteiger charge is 2.55. The van der Waals surface area contributed by atoms with Crippen LogP contribution in [0.5, 0.6) is 0 Å². The zero-order chi connectivity index (χ0) is 18.8. The molecule has 0 aromatic rings. The Balaban J connectivity index is 0.000000146. The third-order valence-corrected chi connectivity index (χ3v) is 7.27. The number of aliphatic hydroxyl groups is 1. The molecule has 146 valence electrons. The molecule has 0 spiro atoms. The Bertz CT molecular complexity index is 487. The first-order valence-corrected chi connectivity index (χ1v) is 10.6. The second-order valence-corrected chi connectivity index (χ2v) is 11.5. The lowest BCUT2D eigenvalue weighted by molar-refractivity contribution is 0.00218. The highest BCUT2D eigenvalue weighted by molar-refractivity contribution is 5.10. The molecule has 4 aliphatic heterocycles. The number of nitrogens with zero attached hydrogens (tertiary/aromatic N) is 2. The first-order valence-electron chi connectivity index (χ1n) is 10.6. The normalized spacial score (nSPS) is 44.3. The van der Waals surface area contributed by atoms with Crippen LogP contribution >= 0.6 is 0 Å². The number of fused-ring (bicyclic) bond motifs is 4. The summed E-state index contributed by atoms with van der Waals surface area (Å²) in [7, 11) is 0. The molecule has 4 rings (SSSR count). The van der Waals surface area contributed by atoms with Crippen LogP contribution in [0.25, 0.3) is 0 Å². The molecule has 0 amide bonds. The van der Waals surface area contributed by atoms with Gasteiger partial charge in [0, 0.05) is 35.2 Å². The maximum absolute atomic E-state index is 10.2. The maximum Gasteiger partial charge on any atom is 0.0789 e. The first kappa shape index (κ1) is 19.6. The van der Waals surface area contributed by atoms with E-state index >= 15 is 0 Å². The molecule has 0 aromatic heterocycles. The van der Waals surface area contributed by atoms with E-state index in [-0.39, 0.29) is 5.54 Å². The topological polar surface area (TPSA) is 26.7 Å². The molecule has 0 saturated carbocycles. The van der Waals surface area contributed by atoms with Gasteiger partial charge in [-0.2, -0.15) is 0 Å². The number of rotatable bonds is 0. The Morgan fingerprint density at radius 2 is 1.40 bits per heavy atom. The van der Waals surface area contributed by atoms with Crippen molar-refractivity contribution in [2.45, 2.75) is 135 Å². The van der Waals surface area contributed by atoms with Gasteiger partial charge < -0.3 is 5.11 Å². The van der Waals surface area contributed by atoms with Crippen molar-refractivity contribution in [1.82, 2.24) is 9.80 Å². The molecule has 4 heterocycles. The molecule has 4 saturated heterocycles. The summed E-state index contributed by atoms with van der Waals surface area (Å²) in [6.07, 6.45) is 7.76. The number of hydrogen-bond acceptors (Lipinski definition) is 3. The van der Waals surface area contributed by atoms with Gasteiger partial charge in [-0.1, -0.05) is 6.92 Å². The van der Waals surface area contributed by atoms with E-state index in [1.54, 1.807) is 0 Å². The quantitative estimate of drug-likeness (QED) is 0.700. The van der Waals surface area contributed by atoms with Crippen LogP contribution in [-0.2, 0) is 0 Å². The standard InChI is InChI=1S/C11H21NO.C11H21N/c1-10(2,3)12-8-5-6-9(12)11(4,13)7-8;1-8-7-9-5-6-10(8)12(9)11(2,3)4/h8-9,13H,5-7H2,1-4H3;8-10H,5-7H2,1-4H3. The highest BCUT2D eigenvalue weighted by atomic mass is 16.3. The monoisotopic (exact) mass is 350 g/mol. The fraction of sp³-hybridized carbons (Fsp3) is 1.00. The van der Waals surface area contributed by atoms with Gasteiger partial charge in [0.2, 0.25) is 0 Å². The van der Waals surface area contributed by atoms with Crippen LogP contribution in [0, 0.1) is 5.92 Å². The summed E-state index contributed by atoms with van der Waals surface area (Å²) in [5.74, 6) is 0.947. The summed E-state index contributed by atoms with van der Waals surface area (Å²) in [6.45, 7) is 18.2. The van der Waals surface area contributed by atoms with Crippen LogP contribution in [0.2, 0.25) is 0 Å². The van der Waals surface area contributed by atoms with Crippen molar-refractivity contribution >= 4 is 0 Å². The van der Waals surface area contributed by atoms with Gasteiger partial charge in [-0.15, -0.1) is 0 Å². The van der Waals surface area contributed by atoms with Gasteiger partial charge in [-0.05, 0) is 92.9 Å². The van der Waals surface area contributed by atoms with Crippen LogP contribution < -0.4 is 0 Å². The minimum atomic E-state index is -0.434. The smallest absolute Gasteiger partial charge is 0.0789 e. The Kier molecular flexibility index (Phi) is 4.87. The summed E-state index contributed by atoms with van der Waals surface area (Å²) in [5.41, 5.74) is 0.180. The van der Waals surface area contributed by atoms with E-state index in [1.165, 1.54) is 32.1 Å². The van der Waals surface area contributed by atoms with Gasteiger partial charge in [0.15, 0.2) is 0 Å². The Morgan fingerprint density at radius 1 is 0.840 bits per heavy atom. The molecule has 0 aliphatic carbocycles. The summed E-state index contributed by atoms with van der Waals surface area (Å²) >= 11 is 0. The second-order valence-electron chi connectivity index (χ2n) is 11.5. The van der Waals surface area contributed by atoms with Crippen LogP contribution in [-0.4, -0.2) is 55.8 Å². The van der Waals surface area contributed by atoms with E-state index in [2.05, 4.69) is 58.3 Å². The van der Waals surface area contributed by atoms with Gasteiger partial charge in [0.25, 0.3) is 0 Å². The predicted molar refractivity (Wildman–Crippen MR) is 106 cm³/mol. The molecule has 3 nitrogen and oxygen atoms in total. The molecule has 6 atom stereocenters. The Morgan fingerprint density at radius 3 is 1.64 bits per heavy atom. The van der Waals surface area contributed by atoms with Gasteiger partial charge in [0.05, 0.1) is 5.60 Å². The minimum absolute atomic E-state index is 0.215. The SMILES string of the molecule is CC1(O)CC2CCC1N2C(C)(C)C.CC1CC2CCC1N2C(C)(C)C. The molecule has 25 heavy (non-hydrogen) atoms. The third kappa shape index (κ3) is 3.53. The predicted octanol–water partition coefficient (Wildman–Crippen LogP) is 4.43. The Labute approximate surface area is 156 Å². The van der Waals surface area contributed by atoms with Crippen LogP contribution in [0.1, 0.15) is 93.9 Å². The molecule has 4 aliphatic rings. The van der Waals surface area contributed by atoms with Crippen molar-refractivity contribution < 1.29 is 5.11 Å². The molecule has 4 bridgehead atoms. The Hall–Kier alpha value is -0.120. The average Bonchev–Trinajstić information content (AvgIpc) is 3.11. The number of hydrogen-bond donors (Lipinski definition) is 1. The van der Waals surface area contributed by atoms with E-state index in [9.17, 15) is 5.11 Å². The molecule has 0 radical (unpaired) electrons. The van der Waals surface area contributed by atoms with E-state index in [0.717, 1.165) is 24.4 Å². The van der Waals surface area contributed by atoms with Crippen molar-refractivity contribution in [2.75, 3.05) is 0 Å². The van der Waals surface area contributed by atoms with Gasteiger partial charge in [0.1, 0.15) is 0 Å². The summed E-state index contributed by atoms with van der Waals surface area (Å²) in [5, 5.41) is 10.2. The van der Waals surface area contributed by atoms with Gasteiger partial charge >= 0.3 is 0 Å². The van der Waals surface area contributed by atoms with Crippen molar-refractivity contribution in [1.29, 1.82) is 0 Å². The van der Waals surface area contributed by atoms with Gasteiger partial charge in [-0.25, -0.2) is 0 Å². The molecular formula is C22H42N2O. The van der Waals surface area contributed by atoms with Crippen molar-refractivity contribution in [2.24, 2.45) is 5.92 Å². The van der Waals surface area contributed by atoms with E-state index in [1.807, 2.05) is 6.92 Å².